The second-order valence-corrected chi connectivity index (χ2v) is 5.46. The van der Waals surface area contributed by atoms with E-state index in [-0.39, 0.29) is 5.56 Å². The minimum absolute atomic E-state index is 0.148. The van der Waals surface area contributed by atoms with Crippen LogP contribution >= 0.6 is 0 Å². The Balaban J connectivity index is 1.73. The van der Waals surface area contributed by atoms with Gasteiger partial charge in [0.1, 0.15) is 0 Å². The van der Waals surface area contributed by atoms with Crippen molar-refractivity contribution in [2.24, 2.45) is 0 Å². The lowest BCUT2D eigenvalue weighted by Crippen LogP contribution is -2.27. The third-order valence-corrected chi connectivity index (χ3v) is 4.00. The molecule has 1 unspecified atom stereocenters. The van der Waals surface area contributed by atoms with Gasteiger partial charge in [0.15, 0.2) is 0 Å². The number of hydrogen-bond donors (Lipinski definition) is 3. The fourth-order valence-electron chi connectivity index (χ4n) is 2.90. The smallest absolute Gasteiger partial charge is 0.337 e. The fraction of sp³-hybridized carbons (Fsp3) is 0.235. The molecular weight excluding hydrogens is 264 g/mol. The predicted octanol–water partition coefficient (Wildman–Crippen LogP) is 2.94. The molecule has 0 saturated carbocycles. The van der Waals surface area contributed by atoms with Crippen molar-refractivity contribution in [1.29, 1.82) is 0 Å². The largest absolute Gasteiger partial charge is 0.478 e. The molecule has 1 aliphatic carbocycles. The van der Waals surface area contributed by atoms with Crippen molar-refractivity contribution in [2.45, 2.75) is 25.3 Å². The molecule has 4 N–H and O–H groups in total. The number of carbonyl (C=O) groups is 1. The summed E-state index contributed by atoms with van der Waals surface area (Å²) in [6.07, 6.45) is 3.12. The number of carboxylic acids is 1. The number of hydrogen-bond acceptors (Lipinski definition) is 3. The van der Waals surface area contributed by atoms with Crippen LogP contribution in [0, 0.1) is 0 Å². The highest BCUT2D eigenvalue weighted by atomic mass is 16.4. The van der Waals surface area contributed by atoms with Crippen LogP contribution in [0.4, 0.5) is 11.4 Å². The SMILES string of the molecule is Nc1cc(NC2CCc3ccccc3C2)ccc1C(=O)O. The molecule has 0 aliphatic heterocycles. The van der Waals surface area contributed by atoms with E-state index in [4.69, 9.17) is 10.8 Å². The van der Waals surface area contributed by atoms with Crippen LogP contribution in [-0.2, 0) is 12.8 Å². The van der Waals surface area contributed by atoms with Gasteiger partial charge in [-0.25, -0.2) is 4.79 Å². The molecule has 1 atom stereocenters. The van der Waals surface area contributed by atoms with E-state index in [0.717, 1.165) is 24.9 Å². The van der Waals surface area contributed by atoms with E-state index >= 15 is 0 Å². The summed E-state index contributed by atoms with van der Waals surface area (Å²) in [4.78, 5) is 11.0. The third-order valence-electron chi connectivity index (χ3n) is 4.00. The van der Waals surface area contributed by atoms with E-state index in [1.165, 1.54) is 11.1 Å². The molecule has 0 amide bonds. The summed E-state index contributed by atoms with van der Waals surface area (Å²) < 4.78 is 0. The van der Waals surface area contributed by atoms with Gasteiger partial charge >= 0.3 is 5.97 Å². The number of nitrogens with one attached hydrogen (secondary N) is 1. The van der Waals surface area contributed by atoms with Gasteiger partial charge in [-0.2, -0.15) is 0 Å². The highest BCUT2D eigenvalue weighted by Gasteiger charge is 2.18. The Morgan fingerprint density at radius 3 is 2.67 bits per heavy atom. The molecule has 2 aromatic carbocycles. The van der Waals surface area contributed by atoms with Crippen LogP contribution in [0.25, 0.3) is 0 Å². The van der Waals surface area contributed by atoms with Crippen molar-refractivity contribution in [3.63, 3.8) is 0 Å². The number of rotatable bonds is 3. The summed E-state index contributed by atoms with van der Waals surface area (Å²) >= 11 is 0. The first-order valence-corrected chi connectivity index (χ1v) is 7.09. The number of aryl methyl sites for hydroxylation is 1. The molecule has 0 heterocycles. The number of anilines is 2. The zero-order valence-electron chi connectivity index (χ0n) is 11.7. The van der Waals surface area contributed by atoms with Crippen molar-refractivity contribution >= 4 is 17.3 Å². The molecule has 0 fully saturated rings. The van der Waals surface area contributed by atoms with Gasteiger partial charge in [-0.3, -0.25) is 0 Å². The Bertz CT molecular complexity index is 682. The van der Waals surface area contributed by atoms with Crippen molar-refractivity contribution in [3.05, 3.63) is 59.2 Å². The van der Waals surface area contributed by atoms with E-state index in [1.807, 2.05) is 0 Å². The van der Waals surface area contributed by atoms with Crippen LogP contribution in [0.15, 0.2) is 42.5 Å². The molecule has 2 aromatic rings. The summed E-state index contributed by atoms with van der Waals surface area (Å²) in [6.45, 7) is 0. The Hall–Kier alpha value is -2.49. The second kappa shape index (κ2) is 5.48. The normalized spacial score (nSPS) is 17.0. The van der Waals surface area contributed by atoms with E-state index < -0.39 is 5.97 Å². The zero-order chi connectivity index (χ0) is 14.8. The van der Waals surface area contributed by atoms with Crippen molar-refractivity contribution in [2.75, 3.05) is 11.1 Å². The highest BCUT2D eigenvalue weighted by Crippen LogP contribution is 2.25. The van der Waals surface area contributed by atoms with Gasteiger partial charge < -0.3 is 16.2 Å². The van der Waals surface area contributed by atoms with Crippen LogP contribution in [0.5, 0.6) is 0 Å². The molecule has 0 radical (unpaired) electrons. The van der Waals surface area contributed by atoms with Crippen LogP contribution in [-0.4, -0.2) is 17.1 Å². The van der Waals surface area contributed by atoms with Gasteiger partial charge in [0.05, 0.1) is 5.56 Å². The van der Waals surface area contributed by atoms with Gasteiger partial charge in [0, 0.05) is 17.4 Å². The summed E-state index contributed by atoms with van der Waals surface area (Å²) in [5, 5.41) is 12.4. The first-order chi connectivity index (χ1) is 10.1. The first-order valence-electron chi connectivity index (χ1n) is 7.09. The number of carboxylic acid groups (broad SMARTS) is 1. The summed E-state index contributed by atoms with van der Waals surface area (Å²) in [5.74, 6) is -0.995. The number of nitrogens with two attached hydrogens (primary N) is 1. The van der Waals surface area contributed by atoms with Gasteiger partial charge in [-0.05, 0) is 48.6 Å². The number of benzene rings is 2. The number of aromatic carboxylic acids is 1. The van der Waals surface area contributed by atoms with Crippen LogP contribution in [0.1, 0.15) is 27.9 Å². The maximum absolute atomic E-state index is 11.0. The molecule has 0 bridgehead atoms. The van der Waals surface area contributed by atoms with Gasteiger partial charge in [-0.15, -0.1) is 0 Å². The van der Waals surface area contributed by atoms with Crippen molar-refractivity contribution < 1.29 is 9.90 Å². The first kappa shape index (κ1) is 13.5. The Labute approximate surface area is 123 Å². The van der Waals surface area contributed by atoms with Crippen molar-refractivity contribution in [1.82, 2.24) is 0 Å². The van der Waals surface area contributed by atoms with Crippen LogP contribution in [0.3, 0.4) is 0 Å². The highest BCUT2D eigenvalue weighted by molar-refractivity contribution is 5.94. The summed E-state index contributed by atoms with van der Waals surface area (Å²) in [5.41, 5.74) is 9.92. The monoisotopic (exact) mass is 282 g/mol. The third kappa shape index (κ3) is 2.84. The molecule has 0 saturated heterocycles. The van der Waals surface area contributed by atoms with Gasteiger partial charge in [-0.1, -0.05) is 24.3 Å². The lowest BCUT2D eigenvalue weighted by molar-refractivity contribution is 0.0698. The van der Waals surface area contributed by atoms with Gasteiger partial charge in [0.2, 0.25) is 0 Å². The van der Waals surface area contributed by atoms with E-state index in [1.54, 1.807) is 18.2 Å². The molecule has 21 heavy (non-hydrogen) atoms. The maximum Gasteiger partial charge on any atom is 0.337 e. The Kier molecular flexibility index (Phi) is 3.52. The average molecular weight is 282 g/mol. The minimum atomic E-state index is -0.995. The van der Waals surface area contributed by atoms with E-state index in [2.05, 4.69) is 29.6 Å². The molecule has 0 aromatic heterocycles. The zero-order valence-corrected chi connectivity index (χ0v) is 11.7. The Morgan fingerprint density at radius 1 is 1.19 bits per heavy atom. The lowest BCUT2D eigenvalue weighted by atomic mass is 9.88. The molecule has 3 rings (SSSR count). The van der Waals surface area contributed by atoms with E-state index in [9.17, 15) is 4.79 Å². The standard InChI is InChI=1S/C17H18N2O2/c18-16-10-14(7-8-15(16)17(20)21)19-13-6-5-11-3-1-2-4-12(11)9-13/h1-4,7-8,10,13,19H,5-6,9,18H2,(H,20,21). The fourth-order valence-corrected chi connectivity index (χ4v) is 2.90. The van der Waals surface area contributed by atoms with Crippen molar-refractivity contribution in [3.8, 4) is 0 Å². The van der Waals surface area contributed by atoms with Crippen LogP contribution in [0.2, 0.25) is 0 Å². The van der Waals surface area contributed by atoms with Crippen LogP contribution < -0.4 is 11.1 Å². The predicted molar refractivity (Wildman–Crippen MR) is 83.7 cm³/mol. The molecular formula is C17H18N2O2. The topological polar surface area (TPSA) is 75.3 Å². The Morgan fingerprint density at radius 2 is 1.95 bits per heavy atom. The summed E-state index contributed by atoms with van der Waals surface area (Å²) in [6, 6.07) is 13.9. The summed E-state index contributed by atoms with van der Waals surface area (Å²) in [7, 11) is 0. The van der Waals surface area contributed by atoms with Gasteiger partial charge in [0.25, 0.3) is 0 Å². The maximum atomic E-state index is 11.0. The molecule has 1 aliphatic rings. The second-order valence-electron chi connectivity index (χ2n) is 5.46. The molecule has 0 spiro atoms. The number of nitrogen functional groups attached to an aromatic ring is 1. The molecule has 108 valence electrons. The minimum Gasteiger partial charge on any atom is -0.478 e. The van der Waals surface area contributed by atoms with E-state index in [0.29, 0.717) is 11.7 Å². The number of fused-ring (bicyclic) bond motifs is 1. The average Bonchev–Trinajstić information content (AvgIpc) is 2.47. The lowest BCUT2D eigenvalue weighted by Gasteiger charge is -2.26. The molecule has 4 nitrogen and oxygen atoms in total. The molecule has 4 heteroatoms. The quantitative estimate of drug-likeness (QED) is 0.757.